The summed E-state index contributed by atoms with van der Waals surface area (Å²) < 4.78 is 37.7. The lowest BCUT2D eigenvalue weighted by Crippen LogP contribution is -2.48. The van der Waals surface area contributed by atoms with Gasteiger partial charge in [0.2, 0.25) is 5.91 Å². The number of halogens is 3. The summed E-state index contributed by atoms with van der Waals surface area (Å²) in [6, 6.07) is 0. The molecule has 1 N–H and O–H groups in total. The third kappa shape index (κ3) is 3.61. The zero-order chi connectivity index (χ0) is 14.0. The Kier molecular flexibility index (Phi) is 4.38. The third-order valence-corrected chi connectivity index (χ3v) is 4.19. The van der Waals surface area contributed by atoms with Crippen LogP contribution in [0.4, 0.5) is 13.2 Å². The van der Waals surface area contributed by atoms with Crippen molar-refractivity contribution >= 4 is 5.91 Å². The molecule has 0 bridgehead atoms. The summed E-state index contributed by atoms with van der Waals surface area (Å²) in [7, 11) is 0. The van der Waals surface area contributed by atoms with Crippen LogP contribution in [-0.4, -0.2) is 43.2 Å². The maximum Gasteiger partial charge on any atom is 0.391 e. The summed E-state index contributed by atoms with van der Waals surface area (Å²) in [4.78, 5) is 13.9. The smallest absolute Gasteiger partial charge is 0.342 e. The molecular weight excluding hydrogens is 257 g/mol. The SMILES string of the molecule is CC1CNCC(C(=O)N2CCC(C(F)(F)F)CC2)C1. The van der Waals surface area contributed by atoms with Crippen LogP contribution in [0.25, 0.3) is 0 Å². The van der Waals surface area contributed by atoms with Gasteiger partial charge in [0, 0.05) is 19.6 Å². The average molecular weight is 278 g/mol. The van der Waals surface area contributed by atoms with E-state index in [0.29, 0.717) is 12.5 Å². The highest BCUT2D eigenvalue weighted by atomic mass is 19.4. The molecule has 2 aliphatic heterocycles. The second kappa shape index (κ2) is 5.69. The fraction of sp³-hybridized carbons (Fsp3) is 0.923. The van der Waals surface area contributed by atoms with Gasteiger partial charge in [-0.15, -0.1) is 0 Å². The van der Waals surface area contributed by atoms with Gasteiger partial charge in [-0.3, -0.25) is 4.79 Å². The molecule has 2 saturated heterocycles. The summed E-state index contributed by atoms with van der Waals surface area (Å²) in [5.41, 5.74) is 0. The Labute approximate surface area is 111 Å². The number of amides is 1. The predicted octanol–water partition coefficient (Wildman–Crippen LogP) is 2.03. The highest BCUT2D eigenvalue weighted by Gasteiger charge is 2.42. The number of rotatable bonds is 1. The largest absolute Gasteiger partial charge is 0.391 e. The summed E-state index contributed by atoms with van der Waals surface area (Å²) >= 11 is 0. The molecule has 0 aromatic heterocycles. The number of hydrogen-bond acceptors (Lipinski definition) is 2. The van der Waals surface area contributed by atoms with E-state index in [4.69, 9.17) is 0 Å². The van der Waals surface area contributed by atoms with Crippen LogP contribution in [0.15, 0.2) is 0 Å². The Hall–Kier alpha value is -0.780. The Morgan fingerprint density at radius 1 is 1.21 bits per heavy atom. The minimum atomic E-state index is -4.12. The van der Waals surface area contributed by atoms with Crippen LogP contribution in [0.1, 0.15) is 26.2 Å². The maximum absolute atomic E-state index is 12.6. The molecular formula is C13H21F3N2O. The number of nitrogens with zero attached hydrogens (tertiary/aromatic N) is 1. The summed E-state index contributed by atoms with van der Waals surface area (Å²) in [5.74, 6) is -0.818. The normalized spacial score (nSPS) is 30.4. The van der Waals surface area contributed by atoms with E-state index in [0.717, 1.165) is 13.0 Å². The third-order valence-electron chi connectivity index (χ3n) is 4.19. The van der Waals surface area contributed by atoms with Gasteiger partial charge in [-0.05, 0) is 31.7 Å². The minimum Gasteiger partial charge on any atom is -0.342 e. The van der Waals surface area contributed by atoms with E-state index in [1.807, 2.05) is 0 Å². The van der Waals surface area contributed by atoms with Crippen molar-refractivity contribution in [2.24, 2.45) is 17.8 Å². The van der Waals surface area contributed by atoms with Crippen molar-refractivity contribution in [1.29, 1.82) is 0 Å². The van der Waals surface area contributed by atoms with E-state index in [2.05, 4.69) is 12.2 Å². The summed E-state index contributed by atoms with van der Waals surface area (Å²) in [6.07, 6.45) is -3.18. The van der Waals surface area contributed by atoms with Crippen LogP contribution < -0.4 is 5.32 Å². The van der Waals surface area contributed by atoms with Gasteiger partial charge in [0.1, 0.15) is 0 Å². The van der Waals surface area contributed by atoms with Gasteiger partial charge in [0.15, 0.2) is 0 Å². The van der Waals surface area contributed by atoms with Crippen molar-refractivity contribution in [3.63, 3.8) is 0 Å². The molecule has 0 spiro atoms. The Morgan fingerprint density at radius 3 is 2.37 bits per heavy atom. The van der Waals surface area contributed by atoms with Crippen molar-refractivity contribution in [2.75, 3.05) is 26.2 Å². The maximum atomic E-state index is 12.6. The van der Waals surface area contributed by atoms with E-state index >= 15 is 0 Å². The molecule has 6 heteroatoms. The molecule has 2 aliphatic rings. The standard InChI is InChI=1S/C13H21F3N2O/c1-9-6-10(8-17-7-9)12(19)18-4-2-11(3-5-18)13(14,15)16/h9-11,17H,2-8H2,1H3. The first-order valence-corrected chi connectivity index (χ1v) is 6.94. The number of likely N-dealkylation sites (tertiary alicyclic amines) is 1. The monoisotopic (exact) mass is 278 g/mol. The predicted molar refractivity (Wildman–Crippen MR) is 65.5 cm³/mol. The molecule has 110 valence electrons. The van der Waals surface area contributed by atoms with Gasteiger partial charge in [-0.1, -0.05) is 6.92 Å². The number of hydrogen-bond donors (Lipinski definition) is 1. The quantitative estimate of drug-likeness (QED) is 0.796. The van der Waals surface area contributed by atoms with Gasteiger partial charge >= 0.3 is 6.18 Å². The zero-order valence-electron chi connectivity index (χ0n) is 11.2. The van der Waals surface area contributed by atoms with Gasteiger partial charge in [0.25, 0.3) is 0 Å². The van der Waals surface area contributed by atoms with E-state index < -0.39 is 12.1 Å². The lowest BCUT2D eigenvalue weighted by Gasteiger charge is -2.36. The first-order valence-electron chi connectivity index (χ1n) is 6.94. The van der Waals surface area contributed by atoms with Gasteiger partial charge in [-0.2, -0.15) is 13.2 Å². The average Bonchev–Trinajstić information content (AvgIpc) is 2.37. The van der Waals surface area contributed by atoms with Crippen LogP contribution in [0, 0.1) is 17.8 Å². The molecule has 19 heavy (non-hydrogen) atoms. The van der Waals surface area contributed by atoms with Crippen LogP contribution in [-0.2, 0) is 4.79 Å². The molecule has 2 fully saturated rings. The highest BCUT2D eigenvalue weighted by molar-refractivity contribution is 5.79. The lowest BCUT2D eigenvalue weighted by atomic mass is 9.89. The zero-order valence-corrected chi connectivity index (χ0v) is 11.2. The summed E-state index contributed by atoms with van der Waals surface area (Å²) in [5, 5.41) is 3.21. The molecule has 0 aromatic rings. The van der Waals surface area contributed by atoms with Crippen molar-refractivity contribution in [3.05, 3.63) is 0 Å². The molecule has 2 rings (SSSR count). The molecule has 0 saturated carbocycles. The Bertz CT molecular complexity index is 324. The molecule has 1 amide bonds. The van der Waals surface area contributed by atoms with E-state index in [9.17, 15) is 18.0 Å². The van der Waals surface area contributed by atoms with Crippen molar-refractivity contribution in [3.8, 4) is 0 Å². The van der Waals surface area contributed by atoms with Crippen LogP contribution in [0.5, 0.6) is 0 Å². The Morgan fingerprint density at radius 2 is 1.84 bits per heavy atom. The first-order chi connectivity index (χ1) is 8.88. The number of piperidine rings is 2. The minimum absolute atomic E-state index is 0.0275. The highest BCUT2D eigenvalue weighted by Crippen LogP contribution is 2.34. The van der Waals surface area contributed by atoms with Crippen molar-refractivity contribution in [2.45, 2.75) is 32.4 Å². The second-order valence-electron chi connectivity index (χ2n) is 5.84. The van der Waals surface area contributed by atoms with Crippen molar-refractivity contribution < 1.29 is 18.0 Å². The van der Waals surface area contributed by atoms with E-state index in [1.54, 1.807) is 4.90 Å². The lowest BCUT2D eigenvalue weighted by molar-refractivity contribution is -0.187. The van der Waals surface area contributed by atoms with Gasteiger partial charge < -0.3 is 10.2 Å². The number of nitrogens with one attached hydrogen (secondary N) is 1. The molecule has 2 heterocycles. The van der Waals surface area contributed by atoms with E-state index in [-0.39, 0.29) is 37.8 Å². The number of carbonyl (C=O) groups is 1. The topological polar surface area (TPSA) is 32.3 Å². The molecule has 3 nitrogen and oxygen atoms in total. The fourth-order valence-electron chi connectivity index (χ4n) is 3.03. The number of alkyl halides is 3. The van der Waals surface area contributed by atoms with Crippen LogP contribution in [0.3, 0.4) is 0 Å². The first kappa shape index (κ1) is 14.6. The second-order valence-corrected chi connectivity index (χ2v) is 5.84. The van der Waals surface area contributed by atoms with Gasteiger partial charge in [-0.25, -0.2) is 0 Å². The van der Waals surface area contributed by atoms with Gasteiger partial charge in [0.05, 0.1) is 11.8 Å². The Balaban J connectivity index is 1.85. The number of carbonyl (C=O) groups excluding carboxylic acids is 1. The molecule has 2 atom stereocenters. The molecule has 2 unspecified atom stereocenters. The molecule has 0 aromatic carbocycles. The van der Waals surface area contributed by atoms with Crippen LogP contribution >= 0.6 is 0 Å². The molecule has 0 aliphatic carbocycles. The van der Waals surface area contributed by atoms with Crippen LogP contribution in [0.2, 0.25) is 0 Å². The van der Waals surface area contributed by atoms with E-state index in [1.165, 1.54) is 0 Å². The van der Waals surface area contributed by atoms with Crippen molar-refractivity contribution in [1.82, 2.24) is 10.2 Å². The fourth-order valence-corrected chi connectivity index (χ4v) is 3.03. The summed E-state index contributed by atoms with van der Waals surface area (Å²) in [6.45, 7) is 4.15. The molecule has 0 radical (unpaired) electrons.